The van der Waals surface area contributed by atoms with E-state index >= 15 is 0 Å². The highest BCUT2D eigenvalue weighted by molar-refractivity contribution is 8.13. The summed E-state index contributed by atoms with van der Waals surface area (Å²) in [6, 6.07) is 1.53. The predicted molar refractivity (Wildman–Crippen MR) is 77.6 cm³/mol. The largest absolute Gasteiger partial charge is 0.349 e. The number of halogens is 1. The minimum atomic E-state index is -3.82. The molecule has 0 spiro atoms. The average molecular weight is 319 g/mol. The van der Waals surface area contributed by atoms with E-state index in [1.165, 1.54) is 12.3 Å². The Balaban J connectivity index is 2.41. The molecule has 0 aliphatic heterocycles. The lowest BCUT2D eigenvalue weighted by Crippen LogP contribution is -2.32. The van der Waals surface area contributed by atoms with Crippen molar-refractivity contribution in [2.75, 3.05) is 0 Å². The molecule has 20 heavy (non-hydrogen) atoms. The summed E-state index contributed by atoms with van der Waals surface area (Å²) >= 11 is 0. The van der Waals surface area contributed by atoms with Crippen LogP contribution >= 0.6 is 10.7 Å². The maximum Gasteiger partial charge on any atom is 0.268 e. The van der Waals surface area contributed by atoms with Crippen molar-refractivity contribution in [3.63, 3.8) is 0 Å². The summed E-state index contributed by atoms with van der Waals surface area (Å²) < 4.78 is 24.7. The predicted octanol–water partition coefficient (Wildman–Crippen LogP) is 2.67. The molecule has 0 radical (unpaired) electrons. The van der Waals surface area contributed by atoms with Crippen LogP contribution in [0, 0.1) is 0 Å². The smallest absolute Gasteiger partial charge is 0.268 e. The molecule has 1 saturated carbocycles. The highest BCUT2D eigenvalue weighted by atomic mass is 35.7. The van der Waals surface area contributed by atoms with Gasteiger partial charge in [-0.15, -0.1) is 0 Å². The number of carbonyl (C=O) groups is 1. The van der Waals surface area contributed by atoms with Crippen LogP contribution in [0.1, 0.15) is 56.1 Å². The topological polar surface area (TPSA) is 68.2 Å². The summed E-state index contributed by atoms with van der Waals surface area (Å²) in [7, 11) is 1.56. The van der Waals surface area contributed by atoms with Crippen LogP contribution in [0.4, 0.5) is 0 Å². The number of rotatable bonds is 4. The van der Waals surface area contributed by atoms with Crippen molar-refractivity contribution in [1.29, 1.82) is 0 Å². The standard InChI is InChI=1S/C13H19ClN2O3S/c1-9(2)15-13(17)12-7-11(20(14,18)19)8-16(12)10-5-3-4-6-10/h7-10H,3-6H2,1-2H3,(H,15,17). The highest BCUT2D eigenvalue weighted by Crippen LogP contribution is 2.32. The molecular formula is C13H19ClN2O3S. The first-order valence-electron chi connectivity index (χ1n) is 6.76. The van der Waals surface area contributed by atoms with Gasteiger partial charge in [0.2, 0.25) is 0 Å². The van der Waals surface area contributed by atoms with Gasteiger partial charge >= 0.3 is 0 Å². The number of aromatic nitrogens is 1. The molecule has 5 nitrogen and oxygen atoms in total. The Bertz CT molecular complexity index is 601. The van der Waals surface area contributed by atoms with Gasteiger partial charge in [0.25, 0.3) is 15.0 Å². The Hall–Kier alpha value is -1.01. The molecule has 1 amide bonds. The molecular weight excluding hydrogens is 300 g/mol. The van der Waals surface area contributed by atoms with E-state index in [1.807, 2.05) is 13.8 Å². The van der Waals surface area contributed by atoms with Crippen LogP contribution in [0.25, 0.3) is 0 Å². The van der Waals surface area contributed by atoms with Crippen LogP contribution in [-0.4, -0.2) is 24.9 Å². The molecule has 0 aromatic carbocycles. The van der Waals surface area contributed by atoms with Gasteiger partial charge in [0.15, 0.2) is 0 Å². The van der Waals surface area contributed by atoms with Crippen molar-refractivity contribution in [1.82, 2.24) is 9.88 Å². The van der Waals surface area contributed by atoms with Crippen LogP contribution in [0.2, 0.25) is 0 Å². The Morgan fingerprint density at radius 2 is 2.00 bits per heavy atom. The maximum absolute atomic E-state index is 12.2. The van der Waals surface area contributed by atoms with Gasteiger partial charge in [-0.1, -0.05) is 12.8 Å². The van der Waals surface area contributed by atoms with E-state index in [4.69, 9.17) is 10.7 Å². The SMILES string of the molecule is CC(C)NC(=O)c1cc(S(=O)(=O)Cl)cn1C1CCCC1. The molecule has 0 bridgehead atoms. The summed E-state index contributed by atoms with van der Waals surface area (Å²) in [6.45, 7) is 3.72. The van der Waals surface area contributed by atoms with Crippen LogP contribution in [-0.2, 0) is 9.05 Å². The third-order valence-corrected chi connectivity index (χ3v) is 4.80. The van der Waals surface area contributed by atoms with Gasteiger partial charge in [-0.3, -0.25) is 4.79 Å². The minimum Gasteiger partial charge on any atom is -0.349 e. The summed E-state index contributed by atoms with van der Waals surface area (Å²) in [4.78, 5) is 12.2. The van der Waals surface area contributed by atoms with E-state index in [2.05, 4.69) is 5.32 Å². The van der Waals surface area contributed by atoms with Crippen LogP contribution < -0.4 is 5.32 Å². The third kappa shape index (κ3) is 3.35. The third-order valence-electron chi connectivity index (χ3n) is 3.48. The zero-order valence-electron chi connectivity index (χ0n) is 11.6. The molecule has 1 aromatic heterocycles. The number of carbonyl (C=O) groups excluding carboxylic acids is 1. The summed E-state index contributed by atoms with van der Waals surface area (Å²) in [5, 5.41) is 2.79. The second-order valence-electron chi connectivity index (χ2n) is 5.47. The quantitative estimate of drug-likeness (QED) is 0.868. The van der Waals surface area contributed by atoms with E-state index in [-0.39, 0.29) is 22.9 Å². The van der Waals surface area contributed by atoms with Crippen molar-refractivity contribution in [3.8, 4) is 0 Å². The summed E-state index contributed by atoms with van der Waals surface area (Å²) in [5.74, 6) is -0.265. The summed E-state index contributed by atoms with van der Waals surface area (Å²) in [6.07, 6.45) is 5.58. The van der Waals surface area contributed by atoms with Gasteiger partial charge in [0, 0.05) is 29.0 Å². The first kappa shape index (κ1) is 15.4. The fourth-order valence-electron chi connectivity index (χ4n) is 2.59. The molecule has 0 unspecified atom stereocenters. The first-order chi connectivity index (χ1) is 9.29. The zero-order valence-corrected chi connectivity index (χ0v) is 13.2. The lowest BCUT2D eigenvalue weighted by Gasteiger charge is -2.16. The van der Waals surface area contributed by atoms with Gasteiger partial charge in [0.05, 0.1) is 0 Å². The van der Waals surface area contributed by atoms with E-state index in [9.17, 15) is 13.2 Å². The lowest BCUT2D eigenvalue weighted by atomic mass is 10.2. The summed E-state index contributed by atoms with van der Waals surface area (Å²) in [5.41, 5.74) is 0.366. The number of nitrogens with one attached hydrogen (secondary N) is 1. The van der Waals surface area contributed by atoms with Gasteiger partial charge in [0.1, 0.15) is 10.6 Å². The van der Waals surface area contributed by atoms with Gasteiger partial charge in [-0.2, -0.15) is 0 Å². The van der Waals surface area contributed by atoms with Crippen LogP contribution in [0.3, 0.4) is 0 Å². The average Bonchev–Trinajstić information content (AvgIpc) is 2.96. The normalized spacial score (nSPS) is 16.8. The van der Waals surface area contributed by atoms with E-state index in [0.717, 1.165) is 25.7 Å². The molecule has 112 valence electrons. The van der Waals surface area contributed by atoms with Crippen molar-refractivity contribution in [2.45, 2.75) is 56.5 Å². The Kier molecular flexibility index (Phi) is 4.44. The Labute approximate surface area is 123 Å². The molecule has 1 aliphatic rings. The van der Waals surface area contributed by atoms with E-state index < -0.39 is 9.05 Å². The first-order valence-corrected chi connectivity index (χ1v) is 9.07. The molecule has 7 heteroatoms. The molecule has 1 aliphatic carbocycles. The number of amides is 1. The van der Waals surface area contributed by atoms with Crippen molar-refractivity contribution < 1.29 is 13.2 Å². The molecule has 1 fully saturated rings. The fraction of sp³-hybridized carbons (Fsp3) is 0.615. The minimum absolute atomic E-state index is 0.00881. The van der Waals surface area contributed by atoms with Crippen molar-refractivity contribution in [2.24, 2.45) is 0 Å². The van der Waals surface area contributed by atoms with Gasteiger partial charge in [-0.25, -0.2) is 8.42 Å². The molecule has 1 N–H and O–H groups in total. The van der Waals surface area contributed by atoms with Gasteiger partial charge in [-0.05, 0) is 32.8 Å². The fourth-order valence-corrected chi connectivity index (χ4v) is 3.34. The number of hydrogen-bond acceptors (Lipinski definition) is 3. The molecule has 1 heterocycles. The molecule has 0 atom stereocenters. The molecule has 1 aromatic rings. The maximum atomic E-state index is 12.2. The molecule has 2 rings (SSSR count). The van der Waals surface area contributed by atoms with E-state index in [0.29, 0.717) is 5.69 Å². The van der Waals surface area contributed by atoms with Gasteiger partial charge < -0.3 is 9.88 Å². The Morgan fingerprint density at radius 3 is 2.50 bits per heavy atom. The lowest BCUT2D eigenvalue weighted by molar-refractivity contribution is 0.0931. The Morgan fingerprint density at radius 1 is 1.40 bits per heavy atom. The molecule has 0 saturated heterocycles. The monoisotopic (exact) mass is 318 g/mol. The highest BCUT2D eigenvalue weighted by Gasteiger charge is 2.26. The second-order valence-corrected chi connectivity index (χ2v) is 8.04. The zero-order chi connectivity index (χ0) is 14.9. The second kappa shape index (κ2) is 5.77. The van der Waals surface area contributed by atoms with Crippen molar-refractivity contribution in [3.05, 3.63) is 18.0 Å². The van der Waals surface area contributed by atoms with Crippen LogP contribution in [0.5, 0.6) is 0 Å². The number of nitrogens with zero attached hydrogens (tertiary/aromatic N) is 1. The number of hydrogen-bond donors (Lipinski definition) is 1. The van der Waals surface area contributed by atoms with Crippen LogP contribution in [0.15, 0.2) is 17.2 Å². The van der Waals surface area contributed by atoms with E-state index in [1.54, 1.807) is 4.57 Å². The van der Waals surface area contributed by atoms with Crippen molar-refractivity contribution >= 4 is 25.6 Å².